The predicted octanol–water partition coefficient (Wildman–Crippen LogP) is 3.46. The van der Waals surface area contributed by atoms with Crippen LogP contribution in [-0.2, 0) is 13.0 Å². The van der Waals surface area contributed by atoms with Gasteiger partial charge in [-0.05, 0) is 23.6 Å². The first kappa shape index (κ1) is 16.9. The molecule has 0 aliphatic rings. The summed E-state index contributed by atoms with van der Waals surface area (Å²) in [5.41, 5.74) is 1.76. The minimum Gasteiger partial charge on any atom is -0.266 e. The molecule has 4 nitrogen and oxygen atoms in total. The van der Waals surface area contributed by atoms with Crippen molar-refractivity contribution in [2.24, 2.45) is 0 Å². The van der Waals surface area contributed by atoms with Gasteiger partial charge >= 0.3 is 6.18 Å². The molecule has 3 aromatic rings. The second-order valence-electron chi connectivity index (χ2n) is 5.56. The van der Waals surface area contributed by atoms with E-state index in [1.165, 1.54) is 0 Å². The maximum atomic E-state index is 12.5. The van der Waals surface area contributed by atoms with Crippen molar-refractivity contribution in [2.75, 3.05) is 0 Å². The highest BCUT2D eigenvalue weighted by atomic mass is 19.4. The van der Waals surface area contributed by atoms with Crippen molar-refractivity contribution in [3.05, 3.63) is 82.3 Å². The summed E-state index contributed by atoms with van der Waals surface area (Å²) >= 11 is 0. The fourth-order valence-corrected chi connectivity index (χ4v) is 2.44. The van der Waals surface area contributed by atoms with Crippen LogP contribution in [0.5, 0.6) is 0 Å². The molecular formula is C18H14F3N3O. The Hall–Kier alpha value is -2.96. The molecule has 0 saturated carbocycles. The molecule has 3 rings (SSSR count). The van der Waals surface area contributed by atoms with E-state index in [-0.39, 0.29) is 5.82 Å². The fourth-order valence-electron chi connectivity index (χ4n) is 2.44. The lowest BCUT2D eigenvalue weighted by molar-refractivity contribution is -0.143. The lowest BCUT2D eigenvalue weighted by Crippen LogP contribution is -2.30. The largest absolute Gasteiger partial charge is 0.408 e. The van der Waals surface area contributed by atoms with E-state index in [1.807, 2.05) is 42.5 Å². The van der Waals surface area contributed by atoms with E-state index < -0.39 is 18.3 Å². The van der Waals surface area contributed by atoms with Crippen LogP contribution in [0, 0.1) is 0 Å². The van der Waals surface area contributed by atoms with Crippen LogP contribution in [0.1, 0.15) is 11.1 Å². The zero-order valence-corrected chi connectivity index (χ0v) is 13.1. The summed E-state index contributed by atoms with van der Waals surface area (Å²) in [7, 11) is 0. The first-order chi connectivity index (χ1) is 11.9. The third-order valence-electron chi connectivity index (χ3n) is 3.53. The maximum absolute atomic E-state index is 12.5. The molecule has 128 valence electrons. The quantitative estimate of drug-likeness (QED) is 0.728. The summed E-state index contributed by atoms with van der Waals surface area (Å²) < 4.78 is 38.0. The average Bonchev–Trinajstić information content (AvgIpc) is 2.57. The Balaban J connectivity index is 1.90. The minimum absolute atomic E-state index is 0.0822. The smallest absolute Gasteiger partial charge is 0.266 e. The maximum Gasteiger partial charge on any atom is 0.408 e. The number of nitrogens with zero attached hydrogens (tertiary/aromatic N) is 3. The van der Waals surface area contributed by atoms with Crippen LogP contribution in [-0.4, -0.2) is 20.9 Å². The molecule has 0 bridgehead atoms. The number of aromatic nitrogens is 3. The van der Waals surface area contributed by atoms with Crippen LogP contribution in [0.4, 0.5) is 13.2 Å². The molecule has 0 atom stereocenters. The Labute approximate surface area is 141 Å². The van der Waals surface area contributed by atoms with Crippen molar-refractivity contribution in [1.82, 2.24) is 14.8 Å². The van der Waals surface area contributed by atoms with E-state index in [9.17, 15) is 18.0 Å². The fraction of sp³-hybridized carbons (Fsp3) is 0.167. The summed E-state index contributed by atoms with van der Waals surface area (Å²) in [6, 6.07) is 17.0. The Morgan fingerprint density at radius 2 is 1.68 bits per heavy atom. The lowest BCUT2D eigenvalue weighted by Gasteiger charge is -2.09. The van der Waals surface area contributed by atoms with Gasteiger partial charge in [0.2, 0.25) is 0 Å². The lowest BCUT2D eigenvalue weighted by atomic mass is 10.0. The average molecular weight is 345 g/mol. The first-order valence-corrected chi connectivity index (χ1v) is 7.55. The number of rotatable bonds is 4. The number of benzene rings is 2. The molecule has 1 aromatic heterocycles. The molecule has 0 aliphatic carbocycles. The molecule has 0 radical (unpaired) electrons. The third kappa shape index (κ3) is 4.53. The second-order valence-corrected chi connectivity index (χ2v) is 5.56. The van der Waals surface area contributed by atoms with Crippen LogP contribution in [0.25, 0.3) is 11.4 Å². The molecule has 25 heavy (non-hydrogen) atoms. The molecule has 2 aromatic carbocycles. The molecule has 1 heterocycles. The van der Waals surface area contributed by atoms with Crippen LogP contribution in [0.2, 0.25) is 0 Å². The summed E-state index contributed by atoms with van der Waals surface area (Å²) in [5, 5.41) is 3.75. The van der Waals surface area contributed by atoms with Crippen molar-refractivity contribution in [3.8, 4) is 11.4 Å². The predicted molar refractivity (Wildman–Crippen MR) is 87.0 cm³/mol. The highest BCUT2D eigenvalue weighted by Crippen LogP contribution is 2.19. The molecule has 0 N–H and O–H groups in total. The van der Waals surface area contributed by atoms with Crippen molar-refractivity contribution >= 4 is 0 Å². The summed E-state index contributed by atoms with van der Waals surface area (Å²) in [4.78, 5) is 15.4. The summed E-state index contributed by atoms with van der Waals surface area (Å²) in [6.45, 7) is -1.44. The van der Waals surface area contributed by atoms with Gasteiger partial charge in [0.1, 0.15) is 6.54 Å². The van der Waals surface area contributed by atoms with Gasteiger partial charge in [0.15, 0.2) is 5.82 Å². The highest BCUT2D eigenvalue weighted by Gasteiger charge is 2.29. The highest BCUT2D eigenvalue weighted by molar-refractivity contribution is 5.55. The van der Waals surface area contributed by atoms with Crippen molar-refractivity contribution in [1.29, 1.82) is 0 Å². The normalized spacial score (nSPS) is 11.5. The minimum atomic E-state index is -4.52. The number of hydrogen-bond acceptors (Lipinski definition) is 3. The molecule has 0 unspecified atom stereocenters. The van der Waals surface area contributed by atoms with Gasteiger partial charge in [0, 0.05) is 5.56 Å². The van der Waals surface area contributed by atoms with Gasteiger partial charge in [-0.1, -0.05) is 48.5 Å². The summed E-state index contributed by atoms with van der Waals surface area (Å²) in [5.74, 6) is 0.0822. The topological polar surface area (TPSA) is 47.8 Å². The third-order valence-corrected chi connectivity index (χ3v) is 3.53. The molecule has 0 fully saturated rings. The molecule has 0 saturated heterocycles. The van der Waals surface area contributed by atoms with Crippen LogP contribution in [0.15, 0.2) is 65.6 Å². The Bertz CT molecular complexity index is 921. The molecule has 0 spiro atoms. The van der Waals surface area contributed by atoms with Gasteiger partial charge in [0.25, 0.3) is 5.56 Å². The van der Waals surface area contributed by atoms with Gasteiger partial charge in [-0.15, -0.1) is 5.10 Å². The molecule has 0 amide bonds. The van der Waals surface area contributed by atoms with Gasteiger partial charge in [-0.3, -0.25) is 4.79 Å². The van der Waals surface area contributed by atoms with Crippen LogP contribution >= 0.6 is 0 Å². The summed E-state index contributed by atoms with van der Waals surface area (Å²) in [6.07, 6.45) is -2.99. The monoisotopic (exact) mass is 345 g/mol. The SMILES string of the molecule is O=c1cnc(-c2cccc(Cc3ccccc3)c2)nn1CC(F)(F)F. The Kier molecular flexibility index (Phi) is 4.65. The molecular weight excluding hydrogens is 331 g/mol. The first-order valence-electron chi connectivity index (χ1n) is 7.55. The van der Waals surface area contributed by atoms with Crippen molar-refractivity contribution in [3.63, 3.8) is 0 Å². The zero-order chi connectivity index (χ0) is 17.9. The van der Waals surface area contributed by atoms with E-state index in [4.69, 9.17) is 0 Å². The second kappa shape index (κ2) is 6.88. The van der Waals surface area contributed by atoms with E-state index in [2.05, 4.69) is 10.1 Å². The van der Waals surface area contributed by atoms with E-state index in [0.717, 1.165) is 17.3 Å². The van der Waals surface area contributed by atoms with E-state index in [0.29, 0.717) is 16.7 Å². The Morgan fingerprint density at radius 3 is 2.40 bits per heavy atom. The van der Waals surface area contributed by atoms with Crippen molar-refractivity contribution in [2.45, 2.75) is 19.1 Å². The molecule has 7 heteroatoms. The van der Waals surface area contributed by atoms with Crippen molar-refractivity contribution < 1.29 is 13.2 Å². The number of alkyl halides is 3. The van der Waals surface area contributed by atoms with E-state index in [1.54, 1.807) is 12.1 Å². The number of hydrogen-bond donors (Lipinski definition) is 0. The van der Waals surface area contributed by atoms with Gasteiger partial charge < -0.3 is 0 Å². The zero-order valence-electron chi connectivity index (χ0n) is 13.1. The Morgan fingerprint density at radius 1 is 0.960 bits per heavy atom. The van der Waals surface area contributed by atoms with Crippen LogP contribution < -0.4 is 5.56 Å². The van der Waals surface area contributed by atoms with E-state index >= 15 is 0 Å². The van der Waals surface area contributed by atoms with Gasteiger partial charge in [-0.25, -0.2) is 9.67 Å². The number of halogens is 3. The van der Waals surface area contributed by atoms with Gasteiger partial charge in [0.05, 0.1) is 6.20 Å². The standard InChI is InChI=1S/C18H14F3N3O/c19-18(20,21)12-24-16(25)11-22-17(23-24)15-8-4-7-14(10-15)9-13-5-2-1-3-6-13/h1-8,10-11H,9,12H2. The van der Waals surface area contributed by atoms with Crippen LogP contribution in [0.3, 0.4) is 0 Å². The molecule has 0 aliphatic heterocycles. The van der Waals surface area contributed by atoms with Gasteiger partial charge in [-0.2, -0.15) is 13.2 Å².